The molecule has 0 fully saturated rings. The maximum Gasteiger partial charge on any atom is 0.318 e. The van der Waals surface area contributed by atoms with Crippen molar-refractivity contribution >= 4 is 23.2 Å². The molecular formula is C13H15N3O3. The number of carbonyl (C=O) groups is 2. The molecule has 0 bridgehead atoms. The fourth-order valence-corrected chi connectivity index (χ4v) is 1.82. The molecule has 0 aromatic carbocycles. The molecule has 0 aliphatic heterocycles. The summed E-state index contributed by atoms with van der Waals surface area (Å²) >= 11 is 0. The number of hydrogen-bond donors (Lipinski definition) is 1. The lowest BCUT2D eigenvalue weighted by Crippen LogP contribution is -2.30. The SMILES string of the molecule is CC[C@@H](C(=O)Nc1ccn2ccnc2c1)C(=O)OC. The van der Waals surface area contributed by atoms with Crippen LogP contribution in [0.3, 0.4) is 0 Å². The van der Waals surface area contributed by atoms with E-state index in [0.29, 0.717) is 12.1 Å². The summed E-state index contributed by atoms with van der Waals surface area (Å²) in [6.07, 6.45) is 5.66. The smallest absolute Gasteiger partial charge is 0.318 e. The molecule has 2 heterocycles. The number of esters is 1. The predicted octanol–water partition coefficient (Wildman–Crippen LogP) is 1.47. The highest BCUT2D eigenvalue weighted by atomic mass is 16.5. The van der Waals surface area contributed by atoms with Gasteiger partial charge < -0.3 is 14.5 Å². The Morgan fingerprint density at radius 2 is 2.26 bits per heavy atom. The van der Waals surface area contributed by atoms with Gasteiger partial charge in [-0.3, -0.25) is 9.59 Å². The number of pyridine rings is 1. The predicted molar refractivity (Wildman–Crippen MR) is 69.6 cm³/mol. The highest BCUT2D eigenvalue weighted by molar-refractivity contribution is 6.04. The van der Waals surface area contributed by atoms with E-state index in [2.05, 4.69) is 15.0 Å². The van der Waals surface area contributed by atoms with E-state index in [-0.39, 0.29) is 5.91 Å². The van der Waals surface area contributed by atoms with Crippen molar-refractivity contribution < 1.29 is 14.3 Å². The van der Waals surface area contributed by atoms with Crippen LogP contribution in [0.4, 0.5) is 5.69 Å². The van der Waals surface area contributed by atoms with E-state index >= 15 is 0 Å². The minimum Gasteiger partial charge on any atom is -0.468 e. The Bertz CT molecular complexity index is 606. The summed E-state index contributed by atoms with van der Waals surface area (Å²) in [6, 6.07) is 3.48. The quantitative estimate of drug-likeness (QED) is 0.668. The van der Waals surface area contributed by atoms with E-state index in [4.69, 9.17) is 0 Å². The van der Waals surface area contributed by atoms with Crippen LogP contribution in [0.25, 0.3) is 5.65 Å². The van der Waals surface area contributed by atoms with Crippen molar-refractivity contribution in [2.24, 2.45) is 5.92 Å². The molecule has 19 heavy (non-hydrogen) atoms. The number of rotatable bonds is 4. The van der Waals surface area contributed by atoms with Gasteiger partial charge in [-0.15, -0.1) is 0 Å². The second-order valence-corrected chi connectivity index (χ2v) is 4.08. The topological polar surface area (TPSA) is 72.7 Å². The van der Waals surface area contributed by atoms with Crippen LogP contribution >= 0.6 is 0 Å². The molecular weight excluding hydrogens is 246 g/mol. The lowest BCUT2D eigenvalue weighted by Gasteiger charge is -2.12. The van der Waals surface area contributed by atoms with Crippen molar-refractivity contribution in [2.45, 2.75) is 13.3 Å². The second-order valence-electron chi connectivity index (χ2n) is 4.08. The first kappa shape index (κ1) is 13.1. The van der Waals surface area contributed by atoms with Gasteiger partial charge in [0.2, 0.25) is 5.91 Å². The van der Waals surface area contributed by atoms with Crippen molar-refractivity contribution in [2.75, 3.05) is 12.4 Å². The Morgan fingerprint density at radius 3 is 2.95 bits per heavy atom. The zero-order valence-electron chi connectivity index (χ0n) is 10.8. The third kappa shape index (κ3) is 2.73. The van der Waals surface area contributed by atoms with Crippen molar-refractivity contribution in [3.63, 3.8) is 0 Å². The lowest BCUT2D eigenvalue weighted by molar-refractivity contribution is -0.148. The molecule has 1 atom stereocenters. The van der Waals surface area contributed by atoms with Crippen molar-refractivity contribution in [3.05, 3.63) is 30.7 Å². The number of nitrogens with one attached hydrogen (secondary N) is 1. The molecule has 0 aliphatic rings. The van der Waals surface area contributed by atoms with Crippen LogP contribution < -0.4 is 5.32 Å². The number of nitrogens with zero attached hydrogens (tertiary/aromatic N) is 2. The minimum atomic E-state index is -0.791. The number of anilines is 1. The number of methoxy groups -OCH3 is 1. The van der Waals surface area contributed by atoms with Crippen LogP contribution in [0.5, 0.6) is 0 Å². The summed E-state index contributed by atoms with van der Waals surface area (Å²) in [6.45, 7) is 1.76. The number of aromatic nitrogens is 2. The zero-order valence-corrected chi connectivity index (χ0v) is 10.8. The molecule has 6 heteroatoms. The standard InChI is InChI=1S/C13H15N3O3/c1-3-10(13(18)19-2)12(17)15-9-4-6-16-7-5-14-11(16)8-9/h4-8,10H,3H2,1-2H3,(H,15,17)/t10-/m0/s1. The average molecular weight is 261 g/mol. The number of ether oxygens (including phenoxy) is 1. The molecule has 1 N–H and O–H groups in total. The number of fused-ring (bicyclic) bond motifs is 1. The van der Waals surface area contributed by atoms with E-state index in [1.165, 1.54) is 7.11 Å². The molecule has 2 aromatic heterocycles. The minimum absolute atomic E-state index is 0.370. The molecule has 0 saturated carbocycles. The van der Waals surface area contributed by atoms with Crippen LogP contribution in [-0.2, 0) is 14.3 Å². The summed E-state index contributed by atoms with van der Waals surface area (Å²) in [5, 5.41) is 2.70. The number of carbonyl (C=O) groups excluding carboxylic acids is 2. The van der Waals surface area contributed by atoms with Gasteiger partial charge in [0.25, 0.3) is 0 Å². The summed E-state index contributed by atoms with van der Waals surface area (Å²) in [4.78, 5) is 27.5. The van der Waals surface area contributed by atoms with Crippen LogP contribution in [0.1, 0.15) is 13.3 Å². The largest absolute Gasteiger partial charge is 0.468 e. The summed E-state index contributed by atoms with van der Waals surface area (Å²) in [7, 11) is 1.27. The molecule has 0 unspecified atom stereocenters. The molecule has 1 amide bonds. The Morgan fingerprint density at radius 1 is 1.47 bits per heavy atom. The maximum atomic E-state index is 12.0. The van der Waals surface area contributed by atoms with Crippen molar-refractivity contribution in [1.29, 1.82) is 0 Å². The maximum absolute atomic E-state index is 12.0. The second kappa shape index (κ2) is 5.51. The molecule has 100 valence electrons. The van der Waals surface area contributed by atoms with Crippen molar-refractivity contribution in [3.8, 4) is 0 Å². The van der Waals surface area contributed by atoms with Crippen LogP contribution in [0.2, 0.25) is 0 Å². The molecule has 0 aliphatic carbocycles. The fourth-order valence-electron chi connectivity index (χ4n) is 1.82. The third-order valence-electron chi connectivity index (χ3n) is 2.88. The van der Waals surface area contributed by atoms with E-state index in [9.17, 15) is 9.59 Å². The number of hydrogen-bond acceptors (Lipinski definition) is 4. The van der Waals surface area contributed by atoms with Gasteiger partial charge in [0, 0.05) is 30.3 Å². The molecule has 0 spiro atoms. The van der Waals surface area contributed by atoms with Gasteiger partial charge in [-0.05, 0) is 12.5 Å². The summed E-state index contributed by atoms with van der Waals surface area (Å²) in [5.41, 5.74) is 1.33. The van der Waals surface area contributed by atoms with Gasteiger partial charge in [-0.2, -0.15) is 0 Å². The van der Waals surface area contributed by atoms with Gasteiger partial charge in [0.15, 0.2) is 0 Å². The monoisotopic (exact) mass is 261 g/mol. The zero-order chi connectivity index (χ0) is 13.8. The Hall–Kier alpha value is -2.37. The average Bonchev–Trinajstić information content (AvgIpc) is 2.86. The van der Waals surface area contributed by atoms with Gasteiger partial charge in [-0.1, -0.05) is 6.92 Å². The molecule has 6 nitrogen and oxygen atoms in total. The van der Waals surface area contributed by atoms with Gasteiger partial charge in [-0.25, -0.2) is 4.98 Å². The molecule has 0 radical (unpaired) electrons. The van der Waals surface area contributed by atoms with Crippen molar-refractivity contribution in [1.82, 2.24) is 9.38 Å². The first-order chi connectivity index (χ1) is 9.15. The third-order valence-corrected chi connectivity index (χ3v) is 2.88. The van der Waals surface area contributed by atoms with Gasteiger partial charge in [0.1, 0.15) is 11.6 Å². The Labute approximate surface area is 110 Å². The fraction of sp³-hybridized carbons (Fsp3) is 0.308. The van der Waals surface area contributed by atoms with Gasteiger partial charge in [0.05, 0.1) is 7.11 Å². The number of imidazole rings is 1. The highest BCUT2D eigenvalue weighted by Crippen LogP contribution is 2.14. The van der Waals surface area contributed by atoms with Gasteiger partial charge >= 0.3 is 5.97 Å². The van der Waals surface area contributed by atoms with Crippen LogP contribution in [-0.4, -0.2) is 28.4 Å². The normalized spacial score (nSPS) is 12.1. The summed E-state index contributed by atoms with van der Waals surface area (Å²) < 4.78 is 6.43. The number of amides is 1. The first-order valence-corrected chi connectivity index (χ1v) is 5.97. The first-order valence-electron chi connectivity index (χ1n) is 5.97. The van der Waals surface area contributed by atoms with E-state index in [1.807, 2.05) is 10.6 Å². The Kier molecular flexibility index (Phi) is 3.79. The lowest BCUT2D eigenvalue weighted by atomic mass is 10.1. The molecule has 2 rings (SSSR count). The molecule has 0 saturated heterocycles. The van der Waals surface area contributed by atoms with E-state index < -0.39 is 11.9 Å². The summed E-state index contributed by atoms with van der Waals surface area (Å²) in [5.74, 6) is -1.69. The van der Waals surface area contributed by atoms with Crippen LogP contribution in [0, 0.1) is 5.92 Å². The molecule has 2 aromatic rings. The van der Waals surface area contributed by atoms with E-state index in [1.54, 1.807) is 31.5 Å². The van der Waals surface area contributed by atoms with Crippen LogP contribution in [0.15, 0.2) is 30.7 Å². The highest BCUT2D eigenvalue weighted by Gasteiger charge is 2.25. The Balaban J connectivity index is 2.15. The van der Waals surface area contributed by atoms with E-state index in [0.717, 1.165) is 5.65 Å².